The van der Waals surface area contributed by atoms with Gasteiger partial charge in [-0.2, -0.15) is 0 Å². The molecule has 0 bridgehead atoms. The molecule has 0 heterocycles. The number of benzene rings is 1. The number of aliphatic hydroxyl groups is 1. The van der Waals surface area contributed by atoms with E-state index >= 15 is 0 Å². The molecule has 1 fully saturated rings. The third-order valence-corrected chi connectivity index (χ3v) is 3.18. The summed E-state index contributed by atoms with van der Waals surface area (Å²) < 4.78 is 0. The molecule has 4 N–H and O–H groups in total. The lowest BCUT2D eigenvalue weighted by molar-refractivity contribution is -0.122. The number of rotatable bonds is 5. The van der Waals surface area contributed by atoms with Crippen molar-refractivity contribution in [2.45, 2.75) is 31.2 Å². The van der Waals surface area contributed by atoms with Gasteiger partial charge < -0.3 is 16.2 Å². The van der Waals surface area contributed by atoms with Crippen LogP contribution in [0.15, 0.2) is 24.3 Å². The Bertz CT molecular complexity index is 396. The summed E-state index contributed by atoms with van der Waals surface area (Å²) in [7, 11) is 0. The molecule has 1 aliphatic carbocycles. The maximum Gasteiger partial charge on any atom is 0.220 e. The molecule has 0 atom stereocenters. The number of carbonyl (C=O) groups excluding carboxylic acids is 1. The normalized spacial score (nSPS) is 16.5. The first-order valence-electron chi connectivity index (χ1n) is 5.90. The smallest absolute Gasteiger partial charge is 0.220 e. The number of anilines is 1. The van der Waals surface area contributed by atoms with Crippen LogP contribution < -0.4 is 11.1 Å². The average molecular weight is 234 g/mol. The van der Waals surface area contributed by atoms with E-state index in [0.29, 0.717) is 12.8 Å². The predicted octanol–water partition coefficient (Wildman–Crippen LogP) is 0.842. The van der Waals surface area contributed by atoms with Gasteiger partial charge in [-0.25, -0.2) is 0 Å². The minimum Gasteiger partial charge on any atom is -0.399 e. The quantitative estimate of drug-likeness (QED) is 0.661. The van der Waals surface area contributed by atoms with E-state index in [1.165, 1.54) is 0 Å². The Balaban J connectivity index is 1.78. The van der Waals surface area contributed by atoms with Gasteiger partial charge in [-0.15, -0.1) is 0 Å². The van der Waals surface area contributed by atoms with E-state index in [0.717, 1.165) is 24.1 Å². The van der Waals surface area contributed by atoms with Crippen molar-refractivity contribution in [1.29, 1.82) is 0 Å². The van der Waals surface area contributed by atoms with E-state index in [-0.39, 0.29) is 18.1 Å². The molecule has 1 amide bonds. The van der Waals surface area contributed by atoms with Crippen LogP contribution in [0.1, 0.15) is 24.8 Å². The first-order valence-corrected chi connectivity index (χ1v) is 5.90. The van der Waals surface area contributed by atoms with Crippen molar-refractivity contribution in [3.05, 3.63) is 29.8 Å². The van der Waals surface area contributed by atoms with Crippen molar-refractivity contribution in [2.75, 3.05) is 12.3 Å². The maximum atomic E-state index is 11.7. The van der Waals surface area contributed by atoms with Gasteiger partial charge in [0, 0.05) is 12.1 Å². The Morgan fingerprint density at radius 3 is 2.53 bits per heavy atom. The Morgan fingerprint density at radius 1 is 1.35 bits per heavy atom. The zero-order valence-corrected chi connectivity index (χ0v) is 9.78. The lowest BCUT2D eigenvalue weighted by Gasteiger charge is -2.14. The molecule has 2 rings (SSSR count). The van der Waals surface area contributed by atoms with Gasteiger partial charge in [0.1, 0.15) is 0 Å². The molecule has 0 radical (unpaired) electrons. The fourth-order valence-corrected chi connectivity index (χ4v) is 1.77. The molecule has 1 aromatic rings. The highest BCUT2D eigenvalue weighted by atomic mass is 16.3. The standard InChI is InChI=1S/C13H18N2O2/c14-11-4-1-10(2-5-11)3-6-12(17)15-13(9-16)7-8-13/h1-2,4-5,16H,3,6-9,14H2,(H,15,17). The number of hydrogen-bond acceptors (Lipinski definition) is 3. The van der Waals surface area contributed by atoms with Gasteiger partial charge >= 0.3 is 0 Å². The Kier molecular flexibility index (Phi) is 3.33. The van der Waals surface area contributed by atoms with Crippen molar-refractivity contribution in [3.8, 4) is 0 Å². The molecule has 0 spiro atoms. The van der Waals surface area contributed by atoms with Crippen molar-refractivity contribution in [2.24, 2.45) is 0 Å². The molecule has 4 nitrogen and oxygen atoms in total. The van der Waals surface area contributed by atoms with Gasteiger partial charge in [0.2, 0.25) is 5.91 Å². The lowest BCUT2D eigenvalue weighted by Crippen LogP contribution is -2.39. The van der Waals surface area contributed by atoms with Crippen LogP contribution in [0.3, 0.4) is 0 Å². The van der Waals surface area contributed by atoms with E-state index in [2.05, 4.69) is 5.32 Å². The third kappa shape index (κ3) is 3.20. The lowest BCUT2D eigenvalue weighted by atomic mass is 10.1. The van der Waals surface area contributed by atoms with Crippen LogP contribution in [0, 0.1) is 0 Å². The van der Waals surface area contributed by atoms with Gasteiger partial charge in [0.15, 0.2) is 0 Å². The topological polar surface area (TPSA) is 75.4 Å². The SMILES string of the molecule is Nc1ccc(CCC(=O)NC2(CO)CC2)cc1. The molecule has 4 heteroatoms. The van der Waals surface area contributed by atoms with Gasteiger partial charge in [-0.05, 0) is 37.0 Å². The highest BCUT2D eigenvalue weighted by Gasteiger charge is 2.43. The van der Waals surface area contributed by atoms with Crippen LogP contribution in [-0.4, -0.2) is 23.2 Å². The highest BCUT2D eigenvalue weighted by molar-refractivity contribution is 5.77. The molecular formula is C13H18N2O2. The summed E-state index contributed by atoms with van der Waals surface area (Å²) in [6, 6.07) is 7.54. The van der Waals surface area contributed by atoms with Crippen LogP contribution in [0.5, 0.6) is 0 Å². The number of amides is 1. The summed E-state index contributed by atoms with van der Waals surface area (Å²) in [5.41, 5.74) is 7.11. The van der Waals surface area contributed by atoms with Gasteiger partial charge in [0.25, 0.3) is 0 Å². The fourth-order valence-electron chi connectivity index (χ4n) is 1.77. The van der Waals surface area contributed by atoms with E-state index in [4.69, 9.17) is 10.8 Å². The molecule has 0 aromatic heterocycles. The number of nitrogens with one attached hydrogen (secondary N) is 1. The number of aryl methyl sites for hydroxylation is 1. The number of nitrogen functional groups attached to an aromatic ring is 1. The molecule has 1 saturated carbocycles. The highest BCUT2D eigenvalue weighted by Crippen LogP contribution is 2.34. The summed E-state index contributed by atoms with van der Waals surface area (Å²) in [5, 5.41) is 12.0. The molecule has 0 aliphatic heterocycles. The number of aliphatic hydroxyl groups excluding tert-OH is 1. The largest absolute Gasteiger partial charge is 0.399 e. The van der Waals surface area contributed by atoms with Crippen molar-refractivity contribution >= 4 is 11.6 Å². The Hall–Kier alpha value is -1.55. The molecule has 0 saturated heterocycles. The van der Waals surface area contributed by atoms with Crippen molar-refractivity contribution in [3.63, 3.8) is 0 Å². The summed E-state index contributed by atoms with van der Waals surface area (Å²) in [4.78, 5) is 11.7. The van der Waals surface area contributed by atoms with Crippen molar-refractivity contribution in [1.82, 2.24) is 5.32 Å². The Morgan fingerprint density at radius 2 is 2.00 bits per heavy atom. The van der Waals surface area contributed by atoms with Gasteiger partial charge in [-0.1, -0.05) is 12.1 Å². The molecule has 1 aliphatic rings. The summed E-state index contributed by atoms with van der Waals surface area (Å²) in [5.74, 6) is 0.00775. The summed E-state index contributed by atoms with van der Waals surface area (Å²) >= 11 is 0. The van der Waals surface area contributed by atoms with Crippen LogP contribution in [0.25, 0.3) is 0 Å². The van der Waals surface area contributed by atoms with E-state index in [1.54, 1.807) is 0 Å². The zero-order valence-electron chi connectivity index (χ0n) is 9.78. The fraction of sp³-hybridized carbons (Fsp3) is 0.462. The second-order valence-corrected chi connectivity index (χ2v) is 4.73. The van der Waals surface area contributed by atoms with Gasteiger partial charge in [0.05, 0.1) is 12.1 Å². The van der Waals surface area contributed by atoms with Crippen LogP contribution in [0.4, 0.5) is 5.69 Å². The minimum absolute atomic E-state index is 0.00775. The summed E-state index contributed by atoms with van der Waals surface area (Å²) in [6.45, 7) is 0.0423. The van der Waals surface area contributed by atoms with Crippen LogP contribution in [-0.2, 0) is 11.2 Å². The maximum absolute atomic E-state index is 11.7. The predicted molar refractivity (Wildman–Crippen MR) is 66.4 cm³/mol. The molecule has 1 aromatic carbocycles. The summed E-state index contributed by atoms with van der Waals surface area (Å²) in [6.07, 6.45) is 2.92. The minimum atomic E-state index is -0.307. The van der Waals surface area contributed by atoms with Gasteiger partial charge in [-0.3, -0.25) is 4.79 Å². The van der Waals surface area contributed by atoms with E-state index < -0.39 is 0 Å². The second kappa shape index (κ2) is 4.75. The number of nitrogens with two attached hydrogens (primary N) is 1. The average Bonchev–Trinajstić information content (AvgIpc) is 3.09. The Labute approximate surface area is 101 Å². The van der Waals surface area contributed by atoms with Crippen molar-refractivity contribution < 1.29 is 9.90 Å². The zero-order chi connectivity index (χ0) is 12.3. The van der Waals surface area contributed by atoms with E-state index in [9.17, 15) is 4.79 Å². The molecule has 17 heavy (non-hydrogen) atoms. The second-order valence-electron chi connectivity index (χ2n) is 4.73. The number of carbonyl (C=O) groups is 1. The third-order valence-electron chi connectivity index (χ3n) is 3.18. The van der Waals surface area contributed by atoms with E-state index in [1.807, 2.05) is 24.3 Å². The molecular weight excluding hydrogens is 216 g/mol. The first-order chi connectivity index (χ1) is 8.13. The van der Waals surface area contributed by atoms with Crippen LogP contribution in [0.2, 0.25) is 0 Å². The number of hydrogen-bond donors (Lipinski definition) is 3. The monoisotopic (exact) mass is 234 g/mol. The van der Waals surface area contributed by atoms with Crippen LogP contribution >= 0.6 is 0 Å². The molecule has 0 unspecified atom stereocenters. The molecule has 92 valence electrons. The first kappa shape index (κ1) is 11.9.